The molecule has 5 N–H and O–H groups in total. The zero-order chi connectivity index (χ0) is 19.6. The molecule has 0 fully saturated rings. The van der Waals surface area contributed by atoms with E-state index in [2.05, 4.69) is 53.9 Å². The molecular weight excluding hydrogens is 480 g/mol. The highest BCUT2D eigenvalue weighted by atomic mass is 79.9. The average Bonchev–Trinajstić information content (AvgIpc) is 2.96. The lowest BCUT2D eigenvalue weighted by Crippen LogP contribution is -2.56. The number of aliphatic hydroxyl groups excluding tert-OH is 4. The van der Waals surface area contributed by atoms with Gasteiger partial charge in [-0.1, -0.05) is 31.9 Å². The maximum absolute atomic E-state index is 10.6. The number of aliphatic hydroxyl groups is 4. The molecule has 146 valence electrons. The van der Waals surface area contributed by atoms with Crippen LogP contribution in [0.1, 0.15) is 0 Å². The van der Waals surface area contributed by atoms with Crippen molar-refractivity contribution in [2.24, 2.45) is 0 Å². The number of halogens is 2. The standard InChI is InChI=1S/C19H22Br2N2O4/c20-12-1-3-17-15(5-12)16-6-13(21)2-4-18(16)23(17)8-14(27)7-22-19(9-24,10-25)11-26/h1-6,14,22,24-27H,7-11H2. The van der Waals surface area contributed by atoms with Crippen LogP contribution in [-0.4, -0.2) is 63.0 Å². The minimum atomic E-state index is -1.21. The number of nitrogens with one attached hydrogen (secondary N) is 1. The molecular formula is C19H22Br2N2O4. The van der Waals surface area contributed by atoms with Gasteiger partial charge in [0.2, 0.25) is 0 Å². The van der Waals surface area contributed by atoms with E-state index in [-0.39, 0.29) is 6.54 Å². The Morgan fingerprint density at radius 1 is 0.889 bits per heavy atom. The van der Waals surface area contributed by atoms with Crippen LogP contribution < -0.4 is 5.32 Å². The third-order valence-electron chi connectivity index (χ3n) is 4.80. The average molecular weight is 502 g/mol. The Morgan fingerprint density at radius 3 is 1.81 bits per heavy atom. The van der Waals surface area contributed by atoms with Crippen molar-refractivity contribution in [1.82, 2.24) is 9.88 Å². The van der Waals surface area contributed by atoms with E-state index in [0.29, 0.717) is 6.54 Å². The van der Waals surface area contributed by atoms with Gasteiger partial charge in [0.05, 0.1) is 38.0 Å². The Balaban J connectivity index is 1.92. The van der Waals surface area contributed by atoms with Crippen molar-refractivity contribution >= 4 is 53.7 Å². The Hall–Kier alpha value is -1.00. The summed E-state index contributed by atoms with van der Waals surface area (Å²) in [5, 5.41) is 43.8. The third-order valence-corrected chi connectivity index (χ3v) is 5.79. The van der Waals surface area contributed by atoms with Crippen LogP contribution in [0.5, 0.6) is 0 Å². The molecule has 3 rings (SSSR count). The van der Waals surface area contributed by atoms with Crippen LogP contribution in [0.2, 0.25) is 0 Å². The van der Waals surface area contributed by atoms with Crippen molar-refractivity contribution in [3.8, 4) is 0 Å². The number of fused-ring (bicyclic) bond motifs is 3. The SMILES string of the molecule is OCC(CO)(CO)NCC(O)Cn1c2ccc(Br)cc2c2cc(Br)ccc21. The van der Waals surface area contributed by atoms with Crippen LogP contribution in [0, 0.1) is 0 Å². The molecule has 0 bridgehead atoms. The summed E-state index contributed by atoms with van der Waals surface area (Å²) >= 11 is 7.03. The second-order valence-corrected chi connectivity index (χ2v) is 8.55. The van der Waals surface area contributed by atoms with Gasteiger partial charge in [0.25, 0.3) is 0 Å². The van der Waals surface area contributed by atoms with E-state index in [4.69, 9.17) is 0 Å². The zero-order valence-electron chi connectivity index (χ0n) is 14.6. The molecule has 1 aromatic heterocycles. The molecule has 0 amide bonds. The van der Waals surface area contributed by atoms with E-state index in [0.717, 1.165) is 30.8 Å². The van der Waals surface area contributed by atoms with Crippen LogP contribution >= 0.6 is 31.9 Å². The van der Waals surface area contributed by atoms with Gasteiger partial charge in [-0.15, -0.1) is 0 Å². The molecule has 1 unspecified atom stereocenters. The minimum absolute atomic E-state index is 0.121. The summed E-state index contributed by atoms with van der Waals surface area (Å²) < 4.78 is 4.01. The van der Waals surface area contributed by atoms with Gasteiger partial charge in [-0.25, -0.2) is 0 Å². The number of hydrogen-bond donors (Lipinski definition) is 5. The topological polar surface area (TPSA) is 97.9 Å². The molecule has 1 atom stereocenters. The zero-order valence-corrected chi connectivity index (χ0v) is 17.7. The van der Waals surface area contributed by atoms with Crippen LogP contribution in [0.4, 0.5) is 0 Å². The number of aromatic nitrogens is 1. The Labute approximate surface area is 173 Å². The highest BCUT2D eigenvalue weighted by Crippen LogP contribution is 2.33. The normalized spacial score (nSPS) is 13.6. The second kappa shape index (κ2) is 8.57. The maximum atomic E-state index is 10.6. The Bertz CT molecular complexity index is 873. The summed E-state index contributed by atoms with van der Waals surface area (Å²) in [7, 11) is 0. The van der Waals surface area contributed by atoms with Crippen molar-refractivity contribution in [2.75, 3.05) is 26.4 Å². The molecule has 0 aliphatic heterocycles. The van der Waals surface area contributed by atoms with E-state index >= 15 is 0 Å². The van der Waals surface area contributed by atoms with E-state index in [1.165, 1.54) is 0 Å². The first-order valence-electron chi connectivity index (χ1n) is 8.56. The van der Waals surface area contributed by atoms with Gasteiger partial charge < -0.3 is 30.3 Å². The summed E-state index contributed by atoms with van der Waals surface area (Å²) in [6, 6.07) is 12.1. The molecule has 8 heteroatoms. The Kier molecular flexibility index (Phi) is 6.58. The maximum Gasteiger partial charge on any atom is 0.0882 e. The van der Waals surface area contributed by atoms with Crippen molar-refractivity contribution in [3.63, 3.8) is 0 Å². The second-order valence-electron chi connectivity index (χ2n) is 6.72. The van der Waals surface area contributed by atoms with Gasteiger partial charge in [-0.05, 0) is 36.4 Å². The van der Waals surface area contributed by atoms with E-state index in [1.54, 1.807) is 0 Å². The van der Waals surface area contributed by atoms with Gasteiger partial charge in [-0.2, -0.15) is 0 Å². The fraction of sp³-hybridized carbons (Fsp3) is 0.368. The summed E-state index contributed by atoms with van der Waals surface area (Å²) in [5.74, 6) is 0. The van der Waals surface area contributed by atoms with Crippen LogP contribution in [0.3, 0.4) is 0 Å². The van der Waals surface area contributed by atoms with E-state index < -0.39 is 31.5 Å². The summed E-state index contributed by atoms with van der Waals surface area (Å²) in [4.78, 5) is 0. The fourth-order valence-electron chi connectivity index (χ4n) is 3.17. The first-order valence-corrected chi connectivity index (χ1v) is 10.1. The number of rotatable bonds is 8. The molecule has 1 heterocycles. The molecule has 0 aliphatic carbocycles. The van der Waals surface area contributed by atoms with Gasteiger partial charge in [0.15, 0.2) is 0 Å². The lowest BCUT2D eigenvalue weighted by atomic mass is 10.0. The van der Waals surface area contributed by atoms with Gasteiger partial charge >= 0.3 is 0 Å². The van der Waals surface area contributed by atoms with Gasteiger partial charge in [0, 0.05) is 37.3 Å². The van der Waals surface area contributed by atoms with Crippen molar-refractivity contribution < 1.29 is 20.4 Å². The number of hydrogen-bond acceptors (Lipinski definition) is 5. The van der Waals surface area contributed by atoms with Gasteiger partial charge in [-0.3, -0.25) is 0 Å². The quantitative estimate of drug-likeness (QED) is 0.325. The van der Waals surface area contributed by atoms with Crippen LogP contribution in [0.25, 0.3) is 21.8 Å². The Morgan fingerprint density at radius 2 is 1.37 bits per heavy atom. The molecule has 0 aliphatic rings. The first kappa shape index (κ1) is 20.7. The monoisotopic (exact) mass is 500 g/mol. The van der Waals surface area contributed by atoms with Crippen molar-refractivity contribution in [2.45, 2.75) is 18.2 Å². The lowest BCUT2D eigenvalue weighted by Gasteiger charge is -2.30. The lowest BCUT2D eigenvalue weighted by molar-refractivity contribution is 0.0308. The first-order chi connectivity index (χ1) is 12.9. The number of β-amino-alcohol motifs (C(OH)–C–C–N with tert-alkyl or cyclic N) is 1. The molecule has 0 spiro atoms. The summed E-state index contributed by atoms with van der Waals surface area (Å²) in [6.07, 6.45) is -0.778. The predicted molar refractivity (Wildman–Crippen MR) is 113 cm³/mol. The van der Waals surface area contributed by atoms with Crippen LogP contribution in [-0.2, 0) is 6.54 Å². The molecule has 6 nitrogen and oxygen atoms in total. The predicted octanol–water partition coefficient (Wildman–Crippen LogP) is 1.99. The summed E-state index contributed by atoms with van der Waals surface area (Å²) in [5.41, 5.74) is 0.795. The highest BCUT2D eigenvalue weighted by Gasteiger charge is 2.28. The third kappa shape index (κ3) is 4.22. The smallest absolute Gasteiger partial charge is 0.0882 e. The van der Waals surface area contributed by atoms with Crippen molar-refractivity contribution in [3.05, 3.63) is 45.3 Å². The largest absolute Gasteiger partial charge is 0.394 e. The molecule has 2 aromatic carbocycles. The summed E-state index contributed by atoms with van der Waals surface area (Å²) in [6.45, 7) is -0.830. The van der Waals surface area contributed by atoms with Crippen molar-refractivity contribution in [1.29, 1.82) is 0 Å². The number of nitrogens with zero attached hydrogens (tertiary/aromatic N) is 1. The molecule has 0 radical (unpaired) electrons. The van der Waals surface area contributed by atoms with Crippen LogP contribution in [0.15, 0.2) is 45.3 Å². The van der Waals surface area contributed by atoms with Gasteiger partial charge in [0.1, 0.15) is 0 Å². The fourth-order valence-corrected chi connectivity index (χ4v) is 3.89. The highest BCUT2D eigenvalue weighted by molar-refractivity contribution is 9.10. The van der Waals surface area contributed by atoms with E-state index in [1.807, 2.05) is 24.3 Å². The molecule has 3 aromatic rings. The molecule has 0 saturated heterocycles. The number of benzene rings is 2. The van der Waals surface area contributed by atoms with E-state index in [9.17, 15) is 20.4 Å². The molecule has 0 saturated carbocycles. The molecule has 27 heavy (non-hydrogen) atoms. The minimum Gasteiger partial charge on any atom is -0.394 e.